The maximum absolute atomic E-state index is 13.7. The molecule has 184 valence electrons. The van der Waals surface area contributed by atoms with Crippen molar-refractivity contribution in [3.05, 3.63) is 134 Å². The lowest BCUT2D eigenvalue weighted by molar-refractivity contribution is 0.262. The van der Waals surface area contributed by atoms with Crippen molar-refractivity contribution < 1.29 is 4.79 Å². The summed E-state index contributed by atoms with van der Waals surface area (Å²) in [6.07, 6.45) is 0.503. The summed E-state index contributed by atoms with van der Waals surface area (Å²) < 4.78 is 1.68. The Bertz CT molecular complexity index is 1620. The lowest BCUT2D eigenvalue weighted by Gasteiger charge is -2.15. The number of fused-ring (bicyclic) bond motifs is 1. The molecule has 0 aliphatic carbocycles. The molecule has 0 unspecified atom stereocenters. The first-order valence-electron chi connectivity index (χ1n) is 11.6. The molecule has 0 aliphatic rings. The van der Waals surface area contributed by atoms with Gasteiger partial charge in [0.2, 0.25) is 0 Å². The normalized spacial score (nSPS) is 10.9. The van der Waals surface area contributed by atoms with E-state index in [2.05, 4.69) is 10.6 Å². The van der Waals surface area contributed by atoms with E-state index in [0.29, 0.717) is 51.1 Å². The highest BCUT2D eigenvalue weighted by molar-refractivity contribution is 6.30. The fraction of sp³-hybridized carbons (Fsp3) is 0.0690. The molecular weight excluding hydrogens is 507 g/mol. The van der Waals surface area contributed by atoms with Gasteiger partial charge in [-0.05, 0) is 65.7 Å². The summed E-state index contributed by atoms with van der Waals surface area (Å²) in [5, 5.41) is 7.15. The summed E-state index contributed by atoms with van der Waals surface area (Å²) in [6, 6.07) is 28.8. The zero-order valence-electron chi connectivity index (χ0n) is 19.6. The Hall–Kier alpha value is -4.13. The molecule has 0 bridgehead atoms. The molecule has 0 radical (unpaired) electrons. The summed E-state index contributed by atoms with van der Waals surface area (Å²) in [7, 11) is 0. The van der Waals surface area contributed by atoms with Crippen molar-refractivity contribution in [1.29, 1.82) is 0 Å². The number of carbonyl (C=O) groups excluding carboxylic acids is 1. The predicted molar refractivity (Wildman–Crippen MR) is 150 cm³/mol. The highest BCUT2D eigenvalue weighted by atomic mass is 35.5. The van der Waals surface area contributed by atoms with Gasteiger partial charge in [0.15, 0.2) is 0 Å². The Kier molecular flexibility index (Phi) is 7.21. The number of benzene rings is 4. The number of hydrogen-bond acceptors (Lipinski definition) is 3. The number of nitrogens with one attached hydrogen (secondary N) is 2. The fourth-order valence-electron chi connectivity index (χ4n) is 4.02. The molecule has 0 saturated heterocycles. The molecule has 0 aliphatic heterocycles. The van der Waals surface area contributed by atoms with Gasteiger partial charge in [0.1, 0.15) is 5.82 Å². The van der Waals surface area contributed by atoms with Crippen molar-refractivity contribution in [3.63, 3.8) is 0 Å². The molecule has 2 N–H and O–H groups in total. The standard InChI is InChI=1S/C29H22Cl2N4O2/c30-21-8-6-20(7-9-21)18-35-27(16-19-4-2-1-3-5-19)34-26-15-14-24(17-25(26)28(35)36)33-29(37)32-23-12-10-22(31)11-13-23/h1-15,17H,16,18H2,(H2,32,33,37). The van der Waals surface area contributed by atoms with E-state index in [1.165, 1.54) is 0 Å². The van der Waals surface area contributed by atoms with E-state index in [9.17, 15) is 9.59 Å². The van der Waals surface area contributed by atoms with Crippen LogP contribution in [0.4, 0.5) is 16.2 Å². The number of anilines is 2. The molecule has 2 amide bonds. The minimum absolute atomic E-state index is 0.187. The molecule has 37 heavy (non-hydrogen) atoms. The minimum Gasteiger partial charge on any atom is -0.308 e. The van der Waals surface area contributed by atoms with Gasteiger partial charge in [-0.25, -0.2) is 9.78 Å². The van der Waals surface area contributed by atoms with Gasteiger partial charge in [-0.2, -0.15) is 0 Å². The van der Waals surface area contributed by atoms with Crippen molar-refractivity contribution >= 4 is 51.5 Å². The first-order chi connectivity index (χ1) is 17.9. The van der Waals surface area contributed by atoms with Crippen LogP contribution in [-0.2, 0) is 13.0 Å². The quantitative estimate of drug-likeness (QED) is 0.249. The molecule has 0 saturated carbocycles. The fourth-order valence-corrected chi connectivity index (χ4v) is 4.27. The van der Waals surface area contributed by atoms with Crippen molar-refractivity contribution in [3.8, 4) is 0 Å². The first kappa shape index (κ1) is 24.6. The summed E-state index contributed by atoms with van der Waals surface area (Å²) >= 11 is 12.0. The van der Waals surface area contributed by atoms with Gasteiger partial charge < -0.3 is 10.6 Å². The number of rotatable bonds is 6. The van der Waals surface area contributed by atoms with E-state index in [0.717, 1.165) is 11.1 Å². The van der Waals surface area contributed by atoms with Crippen molar-refractivity contribution in [2.45, 2.75) is 13.0 Å². The second kappa shape index (κ2) is 10.9. The number of amides is 2. The van der Waals surface area contributed by atoms with Gasteiger partial charge >= 0.3 is 6.03 Å². The van der Waals surface area contributed by atoms with Gasteiger partial charge in [0.25, 0.3) is 5.56 Å². The van der Waals surface area contributed by atoms with Gasteiger partial charge in [0, 0.05) is 27.8 Å². The van der Waals surface area contributed by atoms with Crippen molar-refractivity contribution in [2.75, 3.05) is 10.6 Å². The van der Waals surface area contributed by atoms with Crippen molar-refractivity contribution in [2.24, 2.45) is 0 Å². The molecule has 1 heterocycles. The van der Waals surface area contributed by atoms with Gasteiger partial charge in [-0.15, -0.1) is 0 Å². The lowest BCUT2D eigenvalue weighted by atomic mass is 10.1. The molecule has 6 nitrogen and oxygen atoms in total. The molecule has 0 spiro atoms. The Morgan fingerprint density at radius 1 is 0.757 bits per heavy atom. The van der Waals surface area contributed by atoms with E-state index in [1.807, 2.05) is 42.5 Å². The zero-order chi connectivity index (χ0) is 25.8. The molecule has 5 aromatic rings. The van der Waals surface area contributed by atoms with E-state index < -0.39 is 6.03 Å². The zero-order valence-corrected chi connectivity index (χ0v) is 21.1. The van der Waals surface area contributed by atoms with E-state index in [1.54, 1.807) is 59.2 Å². The van der Waals surface area contributed by atoms with Crippen LogP contribution >= 0.6 is 23.2 Å². The van der Waals surface area contributed by atoms with Crippen LogP contribution in [0.1, 0.15) is 17.0 Å². The third-order valence-corrected chi connectivity index (χ3v) is 6.36. The number of urea groups is 1. The third-order valence-electron chi connectivity index (χ3n) is 5.85. The third kappa shape index (κ3) is 6.00. The van der Waals surface area contributed by atoms with E-state index in [-0.39, 0.29) is 5.56 Å². The van der Waals surface area contributed by atoms with Crippen molar-refractivity contribution in [1.82, 2.24) is 9.55 Å². The monoisotopic (exact) mass is 528 g/mol. The number of halogens is 2. The number of hydrogen-bond donors (Lipinski definition) is 2. The average molecular weight is 529 g/mol. The Morgan fingerprint density at radius 3 is 2.08 bits per heavy atom. The lowest BCUT2D eigenvalue weighted by Crippen LogP contribution is -2.26. The van der Waals surface area contributed by atoms with E-state index in [4.69, 9.17) is 28.2 Å². The highest BCUT2D eigenvalue weighted by Gasteiger charge is 2.14. The molecule has 5 rings (SSSR count). The maximum Gasteiger partial charge on any atom is 0.323 e. The smallest absolute Gasteiger partial charge is 0.308 e. The van der Waals surface area contributed by atoms with Crippen LogP contribution in [0.2, 0.25) is 10.0 Å². The predicted octanol–water partition coefficient (Wildman–Crippen LogP) is 6.99. The number of carbonyl (C=O) groups is 1. The molecule has 0 fully saturated rings. The number of aromatic nitrogens is 2. The average Bonchev–Trinajstić information content (AvgIpc) is 2.90. The Morgan fingerprint density at radius 2 is 1.38 bits per heavy atom. The second-order valence-corrected chi connectivity index (χ2v) is 9.40. The molecule has 0 atom stereocenters. The summed E-state index contributed by atoms with van der Waals surface area (Å²) in [6.45, 7) is 0.343. The maximum atomic E-state index is 13.7. The SMILES string of the molecule is O=C(Nc1ccc(Cl)cc1)Nc1ccc2nc(Cc3ccccc3)n(Cc3ccc(Cl)cc3)c(=O)c2c1. The molecule has 1 aromatic heterocycles. The van der Waals surface area contributed by atoms with Crippen LogP contribution in [0.5, 0.6) is 0 Å². The Balaban J connectivity index is 1.49. The molecule has 4 aromatic carbocycles. The minimum atomic E-state index is -0.434. The highest BCUT2D eigenvalue weighted by Crippen LogP contribution is 2.19. The summed E-state index contributed by atoms with van der Waals surface area (Å²) in [5.74, 6) is 0.653. The Labute approximate surface area is 223 Å². The van der Waals surface area contributed by atoms with Gasteiger partial charge in [-0.3, -0.25) is 9.36 Å². The second-order valence-electron chi connectivity index (χ2n) is 8.53. The topological polar surface area (TPSA) is 76.0 Å². The van der Waals surface area contributed by atoms with Gasteiger partial charge in [0.05, 0.1) is 17.4 Å². The van der Waals surface area contributed by atoms with Crippen LogP contribution < -0.4 is 16.2 Å². The number of nitrogens with zero attached hydrogens (tertiary/aromatic N) is 2. The molecule has 8 heteroatoms. The molecular formula is C29H22Cl2N4O2. The van der Waals surface area contributed by atoms with E-state index >= 15 is 0 Å². The van der Waals surface area contributed by atoms with Crippen LogP contribution in [0.3, 0.4) is 0 Å². The van der Waals surface area contributed by atoms with Crippen LogP contribution in [0.15, 0.2) is 102 Å². The van der Waals surface area contributed by atoms with Crippen LogP contribution in [0.25, 0.3) is 10.9 Å². The largest absolute Gasteiger partial charge is 0.323 e. The van der Waals surface area contributed by atoms with Crippen LogP contribution in [-0.4, -0.2) is 15.6 Å². The summed E-state index contributed by atoms with van der Waals surface area (Å²) in [4.78, 5) is 31.1. The summed E-state index contributed by atoms with van der Waals surface area (Å²) in [5.41, 5.74) is 3.43. The van der Waals surface area contributed by atoms with Gasteiger partial charge in [-0.1, -0.05) is 65.7 Å². The van der Waals surface area contributed by atoms with Crippen LogP contribution in [0, 0.1) is 0 Å². The first-order valence-corrected chi connectivity index (χ1v) is 12.4.